The molecule has 2 heterocycles. The van der Waals surface area contributed by atoms with E-state index in [1.807, 2.05) is 18.8 Å². The lowest BCUT2D eigenvalue weighted by atomic mass is 10.0. The zero-order valence-electron chi connectivity index (χ0n) is 18.4. The third-order valence-electron chi connectivity index (χ3n) is 5.88. The van der Waals surface area contributed by atoms with Gasteiger partial charge in [0.2, 0.25) is 0 Å². The summed E-state index contributed by atoms with van der Waals surface area (Å²) < 4.78 is 6.07. The van der Waals surface area contributed by atoms with Gasteiger partial charge in [-0.3, -0.25) is 4.99 Å². The maximum Gasteiger partial charge on any atom is 0.194 e. The summed E-state index contributed by atoms with van der Waals surface area (Å²) >= 11 is 2.04. The van der Waals surface area contributed by atoms with Crippen molar-refractivity contribution in [1.29, 1.82) is 0 Å². The molecule has 7 heteroatoms. The second-order valence-corrected chi connectivity index (χ2v) is 9.05. The molecule has 2 aliphatic rings. The van der Waals surface area contributed by atoms with Crippen LogP contribution in [0.4, 0.5) is 5.69 Å². The quantitative estimate of drug-likeness (QED) is 0.348. The smallest absolute Gasteiger partial charge is 0.194 e. The van der Waals surface area contributed by atoms with Gasteiger partial charge in [0, 0.05) is 50.4 Å². The molecule has 2 saturated heterocycles. The molecule has 0 amide bonds. The van der Waals surface area contributed by atoms with Crippen LogP contribution in [0.5, 0.6) is 0 Å². The number of hydrogen-bond acceptors (Lipinski definition) is 4. The first-order valence-corrected chi connectivity index (χ1v) is 11.9. The number of halogens is 1. The van der Waals surface area contributed by atoms with Gasteiger partial charge in [0.05, 0.1) is 13.2 Å². The van der Waals surface area contributed by atoms with Gasteiger partial charge in [-0.1, -0.05) is 36.4 Å². The second kappa shape index (κ2) is 12.0. The van der Waals surface area contributed by atoms with Crippen molar-refractivity contribution < 1.29 is 4.74 Å². The van der Waals surface area contributed by atoms with Gasteiger partial charge in [0.25, 0.3) is 0 Å². The van der Waals surface area contributed by atoms with Gasteiger partial charge >= 0.3 is 0 Å². The number of morpholine rings is 1. The van der Waals surface area contributed by atoms with Crippen LogP contribution in [0.3, 0.4) is 0 Å². The molecule has 4 rings (SSSR count). The van der Waals surface area contributed by atoms with Crippen LogP contribution >= 0.6 is 35.7 Å². The lowest BCUT2D eigenvalue weighted by molar-refractivity contribution is -0.00833. The van der Waals surface area contributed by atoms with Crippen LogP contribution in [-0.2, 0) is 11.3 Å². The van der Waals surface area contributed by atoms with Crippen LogP contribution in [0.2, 0.25) is 0 Å². The first-order valence-electron chi connectivity index (χ1n) is 10.8. The van der Waals surface area contributed by atoms with Crippen molar-refractivity contribution in [3.05, 3.63) is 65.2 Å². The first-order chi connectivity index (χ1) is 14.7. The summed E-state index contributed by atoms with van der Waals surface area (Å²) in [5.74, 6) is 3.39. The Hall–Kier alpha value is -1.45. The van der Waals surface area contributed by atoms with Crippen molar-refractivity contribution in [1.82, 2.24) is 10.2 Å². The molecule has 0 aromatic heterocycles. The van der Waals surface area contributed by atoms with E-state index in [-0.39, 0.29) is 30.1 Å². The highest BCUT2D eigenvalue weighted by Crippen LogP contribution is 2.25. The summed E-state index contributed by atoms with van der Waals surface area (Å²) in [6, 6.07) is 17.4. The van der Waals surface area contributed by atoms with Gasteiger partial charge in [0.15, 0.2) is 5.96 Å². The Morgan fingerprint density at radius 1 is 1.10 bits per heavy atom. The highest BCUT2D eigenvalue weighted by atomic mass is 127. The third kappa shape index (κ3) is 6.29. The molecule has 2 aromatic rings. The highest BCUT2D eigenvalue weighted by Gasteiger charge is 2.25. The minimum absolute atomic E-state index is 0. The Bertz CT molecular complexity index is 855. The molecule has 2 fully saturated rings. The molecule has 2 aliphatic heterocycles. The van der Waals surface area contributed by atoms with Crippen molar-refractivity contribution in [3.8, 4) is 0 Å². The fourth-order valence-corrected chi connectivity index (χ4v) is 5.04. The monoisotopic (exact) mass is 552 g/mol. The zero-order chi connectivity index (χ0) is 20.8. The highest BCUT2D eigenvalue weighted by molar-refractivity contribution is 14.0. The van der Waals surface area contributed by atoms with Gasteiger partial charge < -0.3 is 19.9 Å². The molecular weight excluding hydrogens is 519 g/mol. The molecule has 0 saturated carbocycles. The number of nitrogens with zero attached hydrogens (tertiary/aromatic N) is 3. The molecule has 2 aromatic carbocycles. The Labute approximate surface area is 207 Å². The van der Waals surface area contributed by atoms with E-state index in [9.17, 15) is 0 Å². The SMILES string of the molecule is CN=C(NCc1ccc(N2CCSCC2)cc1)N1CCOC(c2ccccc2C)C1.I. The van der Waals surface area contributed by atoms with E-state index in [1.165, 1.54) is 33.9 Å². The largest absolute Gasteiger partial charge is 0.370 e. The maximum atomic E-state index is 6.07. The average Bonchev–Trinajstić information content (AvgIpc) is 2.81. The van der Waals surface area contributed by atoms with Crippen molar-refractivity contribution in [2.45, 2.75) is 19.6 Å². The molecule has 1 unspecified atom stereocenters. The molecular formula is C24H33IN4OS. The van der Waals surface area contributed by atoms with Gasteiger partial charge in [-0.15, -0.1) is 24.0 Å². The number of guanidine groups is 1. The van der Waals surface area contributed by atoms with Crippen LogP contribution in [0.1, 0.15) is 22.8 Å². The zero-order valence-corrected chi connectivity index (χ0v) is 21.6. The summed E-state index contributed by atoms with van der Waals surface area (Å²) in [5.41, 5.74) is 5.15. The molecule has 5 nitrogen and oxygen atoms in total. The molecule has 0 bridgehead atoms. The number of benzene rings is 2. The molecule has 1 N–H and O–H groups in total. The van der Waals surface area contributed by atoms with E-state index in [0.29, 0.717) is 6.61 Å². The predicted molar refractivity (Wildman–Crippen MR) is 143 cm³/mol. The van der Waals surface area contributed by atoms with E-state index in [1.54, 1.807) is 0 Å². The van der Waals surface area contributed by atoms with Crippen LogP contribution in [-0.4, -0.2) is 62.2 Å². The fraction of sp³-hybridized carbons (Fsp3) is 0.458. The average molecular weight is 553 g/mol. The van der Waals surface area contributed by atoms with Gasteiger partial charge in [-0.05, 0) is 35.7 Å². The lowest BCUT2D eigenvalue weighted by Crippen LogP contribution is -2.48. The van der Waals surface area contributed by atoms with E-state index in [0.717, 1.165) is 38.7 Å². The Balaban J connectivity index is 0.00000272. The fourth-order valence-electron chi connectivity index (χ4n) is 4.14. The summed E-state index contributed by atoms with van der Waals surface area (Å²) in [6.45, 7) is 7.60. The topological polar surface area (TPSA) is 40.1 Å². The molecule has 31 heavy (non-hydrogen) atoms. The van der Waals surface area contributed by atoms with E-state index in [4.69, 9.17) is 4.74 Å². The minimum atomic E-state index is 0. The molecule has 1 atom stereocenters. The predicted octanol–water partition coefficient (Wildman–Crippen LogP) is 4.32. The maximum absolute atomic E-state index is 6.07. The Kier molecular flexibility index (Phi) is 9.34. The second-order valence-electron chi connectivity index (χ2n) is 7.83. The summed E-state index contributed by atoms with van der Waals surface area (Å²) in [5, 5.41) is 3.54. The number of nitrogens with one attached hydrogen (secondary N) is 1. The number of ether oxygens (including phenoxy) is 1. The van der Waals surface area contributed by atoms with Crippen molar-refractivity contribution >= 4 is 47.4 Å². The molecule has 0 radical (unpaired) electrons. The van der Waals surface area contributed by atoms with Crippen LogP contribution in [0.25, 0.3) is 0 Å². The standard InChI is InChI=1S/C24H32N4OS.HI/c1-19-5-3-4-6-22(19)23-18-28(11-14-29-23)24(25-2)26-17-20-7-9-21(10-8-20)27-12-15-30-16-13-27;/h3-10,23H,11-18H2,1-2H3,(H,25,26);1H. The van der Waals surface area contributed by atoms with Gasteiger partial charge in [-0.25, -0.2) is 0 Å². The number of aliphatic imine (C=N–C) groups is 1. The van der Waals surface area contributed by atoms with E-state index in [2.05, 4.69) is 75.6 Å². The Morgan fingerprint density at radius 3 is 2.55 bits per heavy atom. The lowest BCUT2D eigenvalue weighted by Gasteiger charge is -2.35. The number of hydrogen-bond donors (Lipinski definition) is 1. The third-order valence-corrected chi connectivity index (χ3v) is 6.82. The van der Waals surface area contributed by atoms with E-state index >= 15 is 0 Å². The van der Waals surface area contributed by atoms with Gasteiger partial charge in [-0.2, -0.15) is 11.8 Å². The number of thioether (sulfide) groups is 1. The van der Waals surface area contributed by atoms with E-state index < -0.39 is 0 Å². The molecule has 168 valence electrons. The number of aryl methyl sites for hydroxylation is 1. The normalized spacial score (nSPS) is 19.7. The van der Waals surface area contributed by atoms with Crippen molar-refractivity contribution in [2.75, 3.05) is 56.2 Å². The van der Waals surface area contributed by atoms with Gasteiger partial charge in [0.1, 0.15) is 6.10 Å². The first kappa shape index (κ1) is 24.2. The summed E-state index contributed by atoms with van der Waals surface area (Å²) in [6.07, 6.45) is 0.0838. The van der Waals surface area contributed by atoms with Crippen LogP contribution in [0, 0.1) is 6.92 Å². The summed E-state index contributed by atoms with van der Waals surface area (Å²) in [4.78, 5) is 9.32. The Morgan fingerprint density at radius 2 is 1.84 bits per heavy atom. The number of rotatable bonds is 4. The molecule has 0 aliphatic carbocycles. The summed E-state index contributed by atoms with van der Waals surface area (Å²) in [7, 11) is 1.86. The minimum Gasteiger partial charge on any atom is -0.370 e. The molecule has 0 spiro atoms. The van der Waals surface area contributed by atoms with Crippen LogP contribution in [0.15, 0.2) is 53.5 Å². The van der Waals surface area contributed by atoms with Crippen molar-refractivity contribution in [3.63, 3.8) is 0 Å². The van der Waals surface area contributed by atoms with Crippen molar-refractivity contribution in [2.24, 2.45) is 4.99 Å². The number of anilines is 1. The van der Waals surface area contributed by atoms with Crippen LogP contribution < -0.4 is 10.2 Å².